The quantitative estimate of drug-likeness (QED) is 0.573. The van der Waals surface area contributed by atoms with E-state index in [1.807, 2.05) is 36.4 Å². The highest BCUT2D eigenvalue weighted by atomic mass is 16.1. The molecule has 1 amide bonds. The normalized spacial score (nSPS) is 11.0. The fourth-order valence-electron chi connectivity index (χ4n) is 3.20. The molecule has 0 unspecified atom stereocenters. The second-order valence-electron chi connectivity index (χ2n) is 6.19. The van der Waals surface area contributed by atoms with Crippen molar-refractivity contribution < 1.29 is 4.79 Å². The Morgan fingerprint density at radius 3 is 2.70 bits per heavy atom. The lowest BCUT2D eigenvalue weighted by molar-refractivity contribution is 0.0954. The number of benzene rings is 2. The number of nitrogens with one attached hydrogen (secondary N) is 1. The first-order chi connectivity index (χ1) is 13.3. The van der Waals surface area contributed by atoms with Crippen LogP contribution in [0.2, 0.25) is 0 Å². The monoisotopic (exact) mass is 360 g/mol. The van der Waals surface area contributed by atoms with Crippen molar-refractivity contribution >= 4 is 16.9 Å². The highest BCUT2D eigenvalue weighted by molar-refractivity contribution is 5.94. The second-order valence-corrected chi connectivity index (χ2v) is 6.19. The summed E-state index contributed by atoms with van der Waals surface area (Å²) in [5.41, 5.74) is 3.57. The molecule has 136 valence electrons. The number of carbonyl (C=O) groups excluding carboxylic acids is 1. The Kier molecular flexibility index (Phi) is 4.65. The Hall–Kier alpha value is -3.48. The minimum absolute atomic E-state index is 0.107. The smallest absolute Gasteiger partial charge is 0.251 e. The fourth-order valence-corrected chi connectivity index (χ4v) is 3.20. The number of amides is 1. The Morgan fingerprint density at radius 2 is 1.89 bits per heavy atom. The van der Waals surface area contributed by atoms with Crippen molar-refractivity contribution in [3.63, 3.8) is 0 Å². The number of rotatable bonds is 6. The Bertz CT molecular complexity index is 1070. The first-order valence-corrected chi connectivity index (χ1v) is 8.93. The molecule has 4 rings (SSSR count). The summed E-state index contributed by atoms with van der Waals surface area (Å²) >= 11 is 0. The van der Waals surface area contributed by atoms with Crippen molar-refractivity contribution in [1.82, 2.24) is 29.6 Å². The molecular weight excluding hydrogens is 340 g/mol. The van der Waals surface area contributed by atoms with Crippen LogP contribution in [0.1, 0.15) is 23.1 Å². The van der Waals surface area contributed by atoms with Gasteiger partial charge in [-0.3, -0.25) is 9.36 Å². The van der Waals surface area contributed by atoms with Gasteiger partial charge < -0.3 is 9.88 Å². The lowest BCUT2D eigenvalue weighted by atomic mass is 10.2. The molecule has 0 aliphatic rings. The Morgan fingerprint density at radius 1 is 1.07 bits per heavy atom. The second kappa shape index (κ2) is 7.41. The summed E-state index contributed by atoms with van der Waals surface area (Å²) in [7, 11) is 0. The van der Waals surface area contributed by atoms with Gasteiger partial charge in [-0.1, -0.05) is 18.2 Å². The van der Waals surface area contributed by atoms with Crippen LogP contribution in [0, 0.1) is 0 Å². The van der Waals surface area contributed by atoms with Crippen molar-refractivity contribution in [1.29, 1.82) is 0 Å². The standard InChI is InChI=1S/C20H20N6O/c1-2-26-18-9-4-3-8-17(18)24-19(26)10-11-21-20(27)15-6-5-7-16(12-15)25-13-22-23-14-25/h3-9,12-14H,2,10-11H2,1H3,(H,21,27). The molecule has 2 aromatic heterocycles. The summed E-state index contributed by atoms with van der Waals surface area (Å²) in [6, 6.07) is 15.5. The third-order valence-corrected chi connectivity index (χ3v) is 4.51. The van der Waals surface area contributed by atoms with Gasteiger partial charge in [0.2, 0.25) is 0 Å². The first kappa shape index (κ1) is 17.0. The fraction of sp³-hybridized carbons (Fsp3) is 0.200. The van der Waals surface area contributed by atoms with Crippen molar-refractivity contribution in [3.8, 4) is 5.69 Å². The van der Waals surface area contributed by atoms with Crippen LogP contribution in [0.4, 0.5) is 0 Å². The van der Waals surface area contributed by atoms with Crippen molar-refractivity contribution in [2.24, 2.45) is 0 Å². The molecule has 0 fully saturated rings. The van der Waals surface area contributed by atoms with E-state index in [4.69, 9.17) is 4.98 Å². The molecule has 2 aromatic carbocycles. The van der Waals surface area contributed by atoms with E-state index in [2.05, 4.69) is 33.1 Å². The zero-order valence-corrected chi connectivity index (χ0v) is 15.0. The average molecular weight is 360 g/mol. The summed E-state index contributed by atoms with van der Waals surface area (Å²) in [6.45, 7) is 3.48. The van der Waals surface area contributed by atoms with Gasteiger partial charge in [-0.25, -0.2) is 4.98 Å². The van der Waals surface area contributed by atoms with E-state index in [-0.39, 0.29) is 5.91 Å². The summed E-state index contributed by atoms with van der Waals surface area (Å²) < 4.78 is 3.95. The maximum atomic E-state index is 12.5. The van der Waals surface area contributed by atoms with Gasteiger partial charge in [0.1, 0.15) is 18.5 Å². The zero-order valence-electron chi connectivity index (χ0n) is 15.0. The third kappa shape index (κ3) is 3.44. The molecular formula is C20H20N6O. The Balaban J connectivity index is 1.44. The molecule has 0 aliphatic heterocycles. The molecule has 0 aliphatic carbocycles. The van der Waals surface area contributed by atoms with E-state index < -0.39 is 0 Å². The van der Waals surface area contributed by atoms with Gasteiger partial charge >= 0.3 is 0 Å². The SMILES string of the molecule is CCn1c(CCNC(=O)c2cccc(-n3cnnc3)c2)nc2ccccc21. The van der Waals surface area contributed by atoms with E-state index >= 15 is 0 Å². The van der Waals surface area contributed by atoms with E-state index in [0.717, 1.165) is 29.1 Å². The van der Waals surface area contributed by atoms with Gasteiger partial charge in [0.25, 0.3) is 5.91 Å². The molecule has 4 aromatic rings. The number of aryl methyl sites for hydroxylation is 1. The highest BCUT2D eigenvalue weighted by Gasteiger charge is 2.11. The summed E-state index contributed by atoms with van der Waals surface area (Å²) in [5.74, 6) is 0.876. The minimum Gasteiger partial charge on any atom is -0.352 e. The summed E-state index contributed by atoms with van der Waals surface area (Å²) in [6.07, 6.45) is 3.89. The lowest BCUT2D eigenvalue weighted by Gasteiger charge is -2.08. The van der Waals surface area contributed by atoms with Gasteiger partial charge in [-0.15, -0.1) is 10.2 Å². The third-order valence-electron chi connectivity index (χ3n) is 4.51. The number of aromatic nitrogens is 5. The molecule has 0 atom stereocenters. The molecule has 7 heteroatoms. The predicted octanol–water partition coefficient (Wildman–Crippen LogP) is 2.61. The van der Waals surface area contributed by atoms with Gasteiger partial charge in [-0.05, 0) is 37.3 Å². The van der Waals surface area contributed by atoms with Gasteiger partial charge in [0.05, 0.1) is 11.0 Å². The van der Waals surface area contributed by atoms with Gasteiger partial charge in [0.15, 0.2) is 0 Å². The number of fused-ring (bicyclic) bond motifs is 1. The van der Waals surface area contributed by atoms with E-state index in [0.29, 0.717) is 18.5 Å². The Labute approximate surface area is 156 Å². The molecule has 7 nitrogen and oxygen atoms in total. The van der Waals surface area contributed by atoms with Crippen LogP contribution in [-0.4, -0.2) is 36.8 Å². The van der Waals surface area contributed by atoms with Crippen molar-refractivity contribution in [2.75, 3.05) is 6.54 Å². The highest BCUT2D eigenvalue weighted by Crippen LogP contribution is 2.16. The minimum atomic E-state index is -0.107. The molecule has 2 heterocycles. The van der Waals surface area contributed by atoms with Crippen LogP contribution < -0.4 is 5.32 Å². The predicted molar refractivity (Wildman–Crippen MR) is 103 cm³/mol. The summed E-state index contributed by atoms with van der Waals surface area (Å²) in [4.78, 5) is 17.2. The number of hydrogen-bond acceptors (Lipinski definition) is 4. The van der Waals surface area contributed by atoms with Crippen LogP contribution in [-0.2, 0) is 13.0 Å². The van der Waals surface area contributed by atoms with Gasteiger partial charge in [-0.2, -0.15) is 0 Å². The number of carbonyl (C=O) groups is 1. The zero-order chi connectivity index (χ0) is 18.6. The summed E-state index contributed by atoms with van der Waals surface area (Å²) in [5, 5.41) is 10.6. The maximum absolute atomic E-state index is 12.5. The maximum Gasteiger partial charge on any atom is 0.251 e. The molecule has 1 N–H and O–H groups in total. The van der Waals surface area contributed by atoms with Crippen LogP contribution in [0.5, 0.6) is 0 Å². The lowest BCUT2D eigenvalue weighted by Crippen LogP contribution is -2.26. The molecule has 0 bridgehead atoms. The molecule has 27 heavy (non-hydrogen) atoms. The van der Waals surface area contributed by atoms with Crippen LogP contribution >= 0.6 is 0 Å². The largest absolute Gasteiger partial charge is 0.352 e. The van der Waals surface area contributed by atoms with Crippen molar-refractivity contribution in [2.45, 2.75) is 19.9 Å². The molecule has 0 radical (unpaired) electrons. The topological polar surface area (TPSA) is 77.6 Å². The number of imidazole rings is 1. The number of nitrogens with zero attached hydrogens (tertiary/aromatic N) is 5. The first-order valence-electron chi connectivity index (χ1n) is 8.93. The number of hydrogen-bond donors (Lipinski definition) is 1. The van der Waals surface area contributed by atoms with E-state index in [1.54, 1.807) is 23.3 Å². The number of para-hydroxylation sites is 2. The van der Waals surface area contributed by atoms with Crippen molar-refractivity contribution in [3.05, 3.63) is 72.6 Å². The molecule has 0 saturated heterocycles. The van der Waals surface area contributed by atoms with Crippen LogP contribution in [0.3, 0.4) is 0 Å². The van der Waals surface area contributed by atoms with E-state index in [1.165, 1.54) is 0 Å². The van der Waals surface area contributed by atoms with Gasteiger partial charge in [0, 0.05) is 30.8 Å². The average Bonchev–Trinajstić information content (AvgIpc) is 3.35. The molecule has 0 saturated carbocycles. The molecule has 0 spiro atoms. The van der Waals surface area contributed by atoms with Crippen LogP contribution in [0.25, 0.3) is 16.7 Å². The van der Waals surface area contributed by atoms with E-state index in [9.17, 15) is 4.79 Å². The van der Waals surface area contributed by atoms with Crippen LogP contribution in [0.15, 0.2) is 61.2 Å².